The minimum absolute atomic E-state index is 0.0184. The summed E-state index contributed by atoms with van der Waals surface area (Å²) < 4.78 is 41.8. The van der Waals surface area contributed by atoms with Crippen molar-refractivity contribution < 1.29 is 17.6 Å². The number of nitrogens with zero attached hydrogens (tertiary/aromatic N) is 2. The van der Waals surface area contributed by atoms with E-state index in [0.29, 0.717) is 10.6 Å². The van der Waals surface area contributed by atoms with Gasteiger partial charge in [0.05, 0.1) is 11.4 Å². The topological polar surface area (TPSA) is 57.7 Å². The van der Waals surface area contributed by atoms with Crippen LogP contribution in [-0.4, -0.2) is 37.1 Å². The molecule has 0 heterocycles. The zero-order valence-electron chi connectivity index (χ0n) is 17.8. The monoisotopic (exact) mass is 474 g/mol. The van der Waals surface area contributed by atoms with E-state index in [1.54, 1.807) is 18.2 Å². The molecule has 0 saturated carbocycles. The number of hydrogen-bond acceptors (Lipinski definition) is 3. The summed E-state index contributed by atoms with van der Waals surface area (Å²) in [5.41, 5.74) is 2.15. The van der Waals surface area contributed by atoms with E-state index in [4.69, 9.17) is 11.6 Å². The number of halogens is 2. The fourth-order valence-corrected chi connectivity index (χ4v) is 4.62. The molecule has 0 saturated heterocycles. The first-order valence-corrected chi connectivity index (χ1v) is 11.8. The standard InChI is InChI=1S/C24H24ClFN2O3S/c1-18-7-9-19(10-8-18)15-28(32(30,31)22-13-11-21(25)12-14-22)17-24(29)27(2)16-20-5-3-4-6-23(20)26/h3-14H,15-17H2,1-2H3. The van der Waals surface area contributed by atoms with Gasteiger partial charge >= 0.3 is 0 Å². The summed E-state index contributed by atoms with van der Waals surface area (Å²) in [6.07, 6.45) is 0. The first-order valence-electron chi connectivity index (χ1n) is 9.95. The third kappa shape index (κ3) is 5.94. The highest BCUT2D eigenvalue weighted by Crippen LogP contribution is 2.21. The van der Waals surface area contributed by atoms with E-state index in [2.05, 4.69) is 0 Å². The van der Waals surface area contributed by atoms with Crippen LogP contribution in [0.1, 0.15) is 16.7 Å². The lowest BCUT2D eigenvalue weighted by molar-refractivity contribution is -0.130. The molecule has 0 aliphatic rings. The van der Waals surface area contributed by atoms with Crippen LogP contribution in [0.4, 0.5) is 4.39 Å². The molecule has 32 heavy (non-hydrogen) atoms. The lowest BCUT2D eigenvalue weighted by atomic mass is 10.1. The smallest absolute Gasteiger partial charge is 0.243 e. The Labute approximate surface area is 193 Å². The number of amides is 1. The van der Waals surface area contributed by atoms with Crippen LogP contribution in [0.3, 0.4) is 0 Å². The Kier molecular flexibility index (Phi) is 7.66. The highest BCUT2D eigenvalue weighted by atomic mass is 35.5. The number of likely N-dealkylation sites (N-methyl/N-ethyl adjacent to an activating group) is 1. The molecule has 0 bridgehead atoms. The molecule has 0 N–H and O–H groups in total. The van der Waals surface area contributed by atoms with Crippen molar-refractivity contribution in [3.8, 4) is 0 Å². The maximum atomic E-state index is 14.0. The second kappa shape index (κ2) is 10.3. The predicted molar refractivity (Wildman–Crippen MR) is 123 cm³/mol. The number of carbonyl (C=O) groups excluding carboxylic acids is 1. The van der Waals surface area contributed by atoms with Crippen molar-refractivity contribution in [2.24, 2.45) is 0 Å². The molecule has 0 atom stereocenters. The molecule has 5 nitrogen and oxygen atoms in total. The molecule has 1 amide bonds. The van der Waals surface area contributed by atoms with Crippen LogP contribution in [0.25, 0.3) is 0 Å². The lowest BCUT2D eigenvalue weighted by Crippen LogP contribution is -2.41. The van der Waals surface area contributed by atoms with Gasteiger partial charge in [0, 0.05) is 30.7 Å². The molecule has 0 radical (unpaired) electrons. The van der Waals surface area contributed by atoms with Gasteiger partial charge in [-0.2, -0.15) is 4.31 Å². The van der Waals surface area contributed by atoms with E-state index in [1.165, 1.54) is 42.3 Å². The number of sulfonamides is 1. The van der Waals surface area contributed by atoms with E-state index < -0.39 is 21.7 Å². The van der Waals surface area contributed by atoms with Crippen molar-refractivity contribution in [3.63, 3.8) is 0 Å². The van der Waals surface area contributed by atoms with Crippen molar-refractivity contribution in [2.75, 3.05) is 13.6 Å². The number of rotatable bonds is 8. The molecular formula is C24H24ClFN2O3S. The van der Waals surface area contributed by atoms with E-state index >= 15 is 0 Å². The molecule has 3 aromatic carbocycles. The average Bonchev–Trinajstić information content (AvgIpc) is 2.76. The number of benzene rings is 3. The van der Waals surface area contributed by atoms with Crippen molar-refractivity contribution >= 4 is 27.5 Å². The fourth-order valence-electron chi connectivity index (χ4n) is 3.12. The molecule has 8 heteroatoms. The van der Waals surface area contributed by atoms with Gasteiger partial charge in [0.1, 0.15) is 5.82 Å². The highest BCUT2D eigenvalue weighted by molar-refractivity contribution is 7.89. The van der Waals surface area contributed by atoms with Gasteiger partial charge in [0.2, 0.25) is 15.9 Å². The molecule has 3 aromatic rings. The van der Waals surface area contributed by atoms with E-state index in [9.17, 15) is 17.6 Å². The number of hydrogen-bond donors (Lipinski definition) is 0. The Hall–Kier alpha value is -2.74. The van der Waals surface area contributed by atoms with Crippen molar-refractivity contribution in [3.05, 3.63) is 100 Å². The van der Waals surface area contributed by atoms with Gasteiger partial charge < -0.3 is 4.90 Å². The fraction of sp³-hybridized carbons (Fsp3) is 0.208. The van der Waals surface area contributed by atoms with E-state index in [1.807, 2.05) is 31.2 Å². The first-order chi connectivity index (χ1) is 15.2. The normalized spacial score (nSPS) is 11.5. The molecular weight excluding hydrogens is 451 g/mol. The average molecular weight is 475 g/mol. The highest BCUT2D eigenvalue weighted by Gasteiger charge is 2.28. The van der Waals surface area contributed by atoms with Crippen LogP contribution in [0.2, 0.25) is 5.02 Å². The quantitative estimate of drug-likeness (QED) is 0.478. The Balaban J connectivity index is 1.86. The molecule has 0 aliphatic carbocycles. The second-order valence-electron chi connectivity index (χ2n) is 7.55. The van der Waals surface area contributed by atoms with Crippen LogP contribution < -0.4 is 0 Å². The summed E-state index contributed by atoms with van der Waals surface area (Å²) >= 11 is 5.90. The van der Waals surface area contributed by atoms with E-state index in [-0.39, 0.29) is 24.5 Å². The molecule has 0 spiro atoms. The van der Waals surface area contributed by atoms with Crippen LogP contribution >= 0.6 is 11.6 Å². The first kappa shape index (κ1) is 23.9. The minimum atomic E-state index is -3.98. The number of aryl methyl sites for hydroxylation is 1. The Morgan fingerprint density at radius 1 is 0.938 bits per heavy atom. The summed E-state index contributed by atoms with van der Waals surface area (Å²) in [5, 5.41) is 0.412. The van der Waals surface area contributed by atoms with Gasteiger partial charge in [-0.05, 0) is 42.8 Å². The third-order valence-electron chi connectivity index (χ3n) is 5.03. The minimum Gasteiger partial charge on any atom is -0.340 e. The molecule has 0 unspecified atom stereocenters. The molecule has 0 aliphatic heterocycles. The zero-order chi connectivity index (χ0) is 23.3. The van der Waals surface area contributed by atoms with Gasteiger partial charge in [0.25, 0.3) is 0 Å². The summed E-state index contributed by atoms with van der Waals surface area (Å²) in [4.78, 5) is 14.3. The third-order valence-corrected chi connectivity index (χ3v) is 7.09. The van der Waals surface area contributed by atoms with Gasteiger partial charge in [-0.15, -0.1) is 0 Å². The van der Waals surface area contributed by atoms with Crippen molar-refractivity contribution in [1.82, 2.24) is 9.21 Å². The van der Waals surface area contributed by atoms with Crippen molar-refractivity contribution in [2.45, 2.75) is 24.9 Å². The summed E-state index contributed by atoms with van der Waals surface area (Å²) in [6.45, 7) is 1.60. The summed E-state index contributed by atoms with van der Waals surface area (Å²) in [5.74, 6) is -0.865. The van der Waals surface area contributed by atoms with Gasteiger partial charge in [-0.1, -0.05) is 59.6 Å². The Morgan fingerprint density at radius 2 is 1.56 bits per heavy atom. The second-order valence-corrected chi connectivity index (χ2v) is 9.93. The maximum Gasteiger partial charge on any atom is 0.243 e. The Bertz CT molecular complexity index is 1180. The molecule has 3 rings (SSSR count). The van der Waals surface area contributed by atoms with Gasteiger partial charge in [0.15, 0.2) is 0 Å². The van der Waals surface area contributed by atoms with Crippen LogP contribution in [0, 0.1) is 12.7 Å². The largest absolute Gasteiger partial charge is 0.340 e. The molecule has 168 valence electrons. The summed E-state index contributed by atoms with van der Waals surface area (Å²) in [7, 11) is -2.46. The maximum absolute atomic E-state index is 14.0. The SMILES string of the molecule is Cc1ccc(CN(CC(=O)N(C)Cc2ccccc2F)S(=O)(=O)c2ccc(Cl)cc2)cc1. The van der Waals surface area contributed by atoms with Crippen molar-refractivity contribution in [1.29, 1.82) is 0 Å². The number of carbonyl (C=O) groups is 1. The van der Waals surface area contributed by atoms with E-state index in [0.717, 1.165) is 15.4 Å². The zero-order valence-corrected chi connectivity index (χ0v) is 19.4. The van der Waals surface area contributed by atoms with Crippen LogP contribution in [0.15, 0.2) is 77.7 Å². The van der Waals surface area contributed by atoms with Crippen LogP contribution in [0.5, 0.6) is 0 Å². The Morgan fingerprint density at radius 3 is 2.19 bits per heavy atom. The lowest BCUT2D eigenvalue weighted by Gasteiger charge is -2.25. The summed E-state index contributed by atoms with van der Waals surface area (Å²) in [6, 6.07) is 19.4. The molecule has 0 fully saturated rings. The van der Waals surface area contributed by atoms with Gasteiger partial charge in [-0.3, -0.25) is 4.79 Å². The molecule has 0 aromatic heterocycles. The van der Waals surface area contributed by atoms with Gasteiger partial charge in [-0.25, -0.2) is 12.8 Å². The van der Waals surface area contributed by atoms with Crippen LogP contribution in [-0.2, 0) is 27.9 Å². The predicted octanol–water partition coefficient (Wildman–Crippen LogP) is 4.64.